The first kappa shape index (κ1) is 6.42. The van der Waals surface area contributed by atoms with E-state index in [2.05, 4.69) is 22.9 Å². The second-order valence-corrected chi connectivity index (χ2v) is 1.89. The molecule has 1 aromatic rings. The van der Waals surface area contributed by atoms with Crippen LogP contribution in [0.4, 0.5) is 5.69 Å². The number of aromatic nitrogens is 1. The summed E-state index contributed by atoms with van der Waals surface area (Å²) in [5.41, 5.74) is 1.06. The zero-order valence-electron chi connectivity index (χ0n) is 4.91. The summed E-state index contributed by atoms with van der Waals surface area (Å²) in [6, 6.07) is 3.80. The number of rotatable bonds is 2. The fourth-order valence-corrected chi connectivity index (χ4v) is 0.744. The maximum atomic E-state index is 4.00. The molecule has 0 aromatic carbocycles. The van der Waals surface area contributed by atoms with E-state index in [1.54, 1.807) is 12.4 Å². The van der Waals surface area contributed by atoms with Crippen LogP contribution in [-0.2, 0) is 0 Å². The van der Waals surface area contributed by atoms with Crippen molar-refractivity contribution in [3.05, 3.63) is 24.5 Å². The Kier molecular flexibility index (Phi) is 2.39. The second-order valence-electron chi connectivity index (χ2n) is 1.57. The standard InChI is InChI=1S/C6H8N2S/c9-5-8-6-1-3-7-4-2-6/h1-4,9H,5H2,(H,7,8). The van der Waals surface area contributed by atoms with E-state index in [0.29, 0.717) is 5.88 Å². The zero-order valence-corrected chi connectivity index (χ0v) is 5.81. The van der Waals surface area contributed by atoms with Crippen LogP contribution in [0.15, 0.2) is 24.5 Å². The highest BCUT2D eigenvalue weighted by molar-refractivity contribution is 7.80. The Morgan fingerprint density at radius 1 is 1.44 bits per heavy atom. The lowest BCUT2D eigenvalue weighted by Crippen LogP contribution is -1.92. The van der Waals surface area contributed by atoms with Crippen molar-refractivity contribution in [1.82, 2.24) is 4.98 Å². The third-order valence-electron chi connectivity index (χ3n) is 0.964. The molecule has 1 aromatic heterocycles. The van der Waals surface area contributed by atoms with Gasteiger partial charge in [-0.05, 0) is 12.1 Å². The second kappa shape index (κ2) is 3.35. The number of anilines is 1. The number of hydrogen-bond acceptors (Lipinski definition) is 3. The molecule has 9 heavy (non-hydrogen) atoms. The molecule has 48 valence electrons. The van der Waals surface area contributed by atoms with E-state index in [-0.39, 0.29) is 0 Å². The molecule has 1 heterocycles. The molecule has 0 unspecified atom stereocenters. The van der Waals surface area contributed by atoms with Gasteiger partial charge in [-0.2, -0.15) is 12.6 Å². The minimum absolute atomic E-state index is 0.657. The maximum Gasteiger partial charge on any atom is 0.0581 e. The van der Waals surface area contributed by atoms with Crippen LogP contribution in [0.2, 0.25) is 0 Å². The number of thiol groups is 1. The van der Waals surface area contributed by atoms with Crippen LogP contribution in [0.1, 0.15) is 0 Å². The molecule has 1 N–H and O–H groups in total. The van der Waals surface area contributed by atoms with Gasteiger partial charge in [-0.25, -0.2) is 0 Å². The molecule has 1 rings (SSSR count). The van der Waals surface area contributed by atoms with Crippen molar-refractivity contribution in [1.29, 1.82) is 0 Å². The van der Waals surface area contributed by atoms with Gasteiger partial charge in [0.2, 0.25) is 0 Å². The fourth-order valence-electron chi connectivity index (χ4n) is 0.561. The average molecular weight is 140 g/mol. The van der Waals surface area contributed by atoms with Gasteiger partial charge in [-0.3, -0.25) is 4.98 Å². The molecule has 0 atom stereocenters. The van der Waals surface area contributed by atoms with E-state index >= 15 is 0 Å². The summed E-state index contributed by atoms with van der Waals surface area (Å²) < 4.78 is 0. The van der Waals surface area contributed by atoms with Crippen molar-refractivity contribution in [2.24, 2.45) is 0 Å². The quantitative estimate of drug-likeness (QED) is 0.479. The minimum atomic E-state index is 0.657. The molecule has 2 nitrogen and oxygen atoms in total. The van der Waals surface area contributed by atoms with Gasteiger partial charge >= 0.3 is 0 Å². The first-order valence-electron chi connectivity index (χ1n) is 2.68. The Hall–Kier alpha value is -0.700. The van der Waals surface area contributed by atoms with Crippen molar-refractivity contribution in [2.45, 2.75) is 0 Å². The Bertz CT molecular complexity index is 164. The lowest BCUT2D eigenvalue weighted by atomic mass is 10.4. The summed E-state index contributed by atoms with van der Waals surface area (Å²) in [6.45, 7) is 0. The minimum Gasteiger partial charge on any atom is -0.376 e. The van der Waals surface area contributed by atoms with Gasteiger partial charge in [-0.1, -0.05) is 0 Å². The van der Waals surface area contributed by atoms with Crippen LogP contribution in [-0.4, -0.2) is 10.9 Å². The van der Waals surface area contributed by atoms with Crippen LogP contribution >= 0.6 is 12.6 Å². The van der Waals surface area contributed by atoms with Crippen molar-refractivity contribution in [3.63, 3.8) is 0 Å². The fraction of sp³-hybridized carbons (Fsp3) is 0.167. The smallest absolute Gasteiger partial charge is 0.0581 e. The summed E-state index contributed by atoms with van der Waals surface area (Å²) in [6.07, 6.45) is 3.48. The topological polar surface area (TPSA) is 24.9 Å². The van der Waals surface area contributed by atoms with Crippen LogP contribution in [0.5, 0.6) is 0 Å². The lowest BCUT2D eigenvalue weighted by Gasteiger charge is -1.98. The summed E-state index contributed by atoms with van der Waals surface area (Å²) in [5, 5.41) is 3.03. The first-order valence-corrected chi connectivity index (χ1v) is 3.31. The van der Waals surface area contributed by atoms with Crippen LogP contribution in [0.25, 0.3) is 0 Å². The van der Waals surface area contributed by atoms with E-state index in [4.69, 9.17) is 0 Å². The summed E-state index contributed by atoms with van der Waals surface area (Å²) in [5.74, 6) is 0.657. The monoisotopic (exact) mass is 140 g/mol. The predicted molar refractivity (Wildman–Crippen MR) is 41.7 cm³/mol. The Morgan fingerprint density at radius 3 is 2.67 bits per heavy atom. The summed E-state index contributed by atoms with van der Waals surface area (Å²) in [7, 11) is 0. The third kappa shape index (κ3) is 1.93. The Morgan fingerprint density at radius 2 is 2.11 bits per heavy atom. The first-order chi connectivity index (χ1) is 4.43. The van der Waals surface area contributed by atoms with E-state index in [1.165, 1.54) is 0 Å². The van der Waals surface area contributed by atoms with E-state index in [0.717, 1.165) is 5.69 Å². The van der Waals surface area contributed by atoms with E-state index < -0.39 is 0 Å². The van der Waals surface area contributed by atoms with Crippen molar-refractivity contribution in [2.75, 3.05) is 11.2 Å². The molecule has 0 aliphatic carbocycles. The highest BCUT2D eigenvalue weighted by atomic mass is 32.1. The van der Waals surface area contributed by atoms with Gasteiger partial charge < -0.3 is 5.32 Å². The molecule has 0 aliphatic rings. The summed E-state index contributed by atoms with van der Waals surface area (Å²) in [4.78, 5) is 3.86. The number of nitrogens with one attached hydrogen (secondary N) is 1. The van der Waals surface area contributed by atoms with Gasteiger partial charge in [-0.15, -0.1) is 0 Å². The number of nitrogens with zero attached hydrogens (tertiary/aromatic N) is 1. The molecule has 3 heteroatoms. The SMILES string of the molecule is SCNc1ccncc1. The normalized spacial score (nSPS) is 9.00. The molecule has 0 amide bonds. The van der Waals surface area contributed by atoms with Crippen molar-refractivity contribution >= 4 is 18.3 Å². The van der Waals surface area contributed by atoms with E-state index in [9.17, 15) is 0 Å². The van der Waals surface area contributed by atoms with Crippen LogP contribution in [0, 0.1) is 0 Å². The molecule has 0 saturated heterocycles. The average Bonchev–Trinajstić information content (AvgIpc) is 1.91. The van der Waals surface area contributed by atoms with Gasteiger partial charge in [0.05, 0.1) is 5.88 Å². The molecular weight excluding hydrogens is 132 g/mol. The molecule has 0 fully saturated rings. The number of hydrogen-bond donors (Lipinski definition) is 2. The highest BCUT2D eigenvalue weighted by Crippen LogP contribution is 2.01. The molecule has 0 spiro atoms. The molecule has 0 saturated carbocycles. The predicted octanol–water partition coefficient (Wildman–Crippen LogP) is 1.38. The third-order valence-corrected chi connectivity index (χ3v) is 1.12. The van der Waals surface area contributed by atoms with Crippen molar-refractivity contribution < 1.29 is 0 Å². The van der Waals surface area contributed by atoms with E-state index in [1.807, 2.05) is 12.1 Å². The Balaban J connectivity index is 2.61. The molecular formula is C6H8N2S. The van der Waals surface area contributed by atoms with Gasteiger partial charge in [0.15, 0.2) is 0 Å². The van der Waals surface area contributed by atoms with Crippen LogP contribution in [0.3, 0.4) is 0 Å². The van der Waals surface area contributed by atoms with Crippen molar-refractivity contribution in [3.8, 4) is 0 Å². The van der Waals surface area contributed by atoms with Gasteiger partial charge in [0.25, 0.3) is 0 Å². The Labute approximate surface area is 59.7 Å². The summed E-state index contributed by atoms with van der Waals surface area (Å²) >= 11 is 4.00. The van der Waals surface area contributed by atoms with Gasteiger partial charge in [0.1, 0.15) is 0 Å². The zero-order chi connectivity index (χ0) is 6.53. The maximum absolute atomic E-state index is 4.00. The highest BCUT2D eigenvalue weighted by Gasteiger charge is 1.82. The number of pyridine rings is 1. The molecule has 0 bridgehead atoms. The van der Waals surface area contributed by atoms with Gasteiger partial charge in [0, 0.05) is 18.1 Å². The molecule has 0 aliphatic heterocycles. The largest absolute Gasteiger partial charge is 0.376 e. The lowest BCUT2D eigenvalue weighted by molar-refractivity contribution is 1.31. The van der Waals surface area contributed by atoms with Crippen LogP contribution < -0.4 is 5.32 Å². The molecule has 0 radical (unpaired) electrons.